The summed E-state index contributed by atoms with van der Waals surface area (Å²) in [4.78, 5) is 16.8. The number of carbonyl (C=O) groups is 1. The Morgan fingerprint density at radius 3 is 2.48 bits per heavy atom. The largest absolute Gasteiger partial charge is 0.328 e. The predicted molar refractivity (Wildman–Crippen MR) is 96.9 cm³/mol. The van der Waals surface area contributed by atoms with Crippen LogP contribution in [0.4, 0.5) is 0 Å². The lowest BCUT2D eigenvalue weighted by Crippen LogP contribution is -2.22. The minimum atomic E-state index is -0.160. The lowest BCUT2D eigenvalue weighted by molar-refractivity contribution is -0.117. The summed E-state index contributed by atoms with van der Waals surface area (Å²) in [5, 5.41) is 4.36. The summed E-state index contributed by atoms with van der Waals surface area (Å²) in [5.74, 6) is -0.160. The second-order valence-electron chi connectivity index (χ2n) is 6.13. The van der Waals surface area contributed by atoms with Crippen molar-refractivity contribution in [2.24, 2.45) is 12.0 Å². The fourth-order valence-corrected chi connectivity index (χ4v) is 2.87. The molecule has 1 amide bonds. The van der Waals surface area contributed by atoms with Gasteiger partial charge in [-0.15, -0.1) is 0 Å². The van der Waals surface area contributed by atoms with Crippen LogP contribution in [-0.4, -0.2) is 20.3 Å². The van der Waals surface area contributed by atoms with E-state index in [1.165, 1.54) is 5.56 Å². The van der Waals surface area contributed by atoms with Gasteiger partial charge in [0, 0.05) is 31.0 Å². The first-order valence-electron chi connectivity index (χ1n) is 8.30. The second-order valence-corrected chi connectivity index (χ2v) is 6.13. The van der Waals surface area contributed by atoms with Crippen molar-refractivity contribution in [2.75, 3.05) is 0 Å². The molecule has 0 fully saturated rings. The van der Waals surface area contributed by atoms with Crippen molar-refractivity contribution in [2.45, 2.75) is 26.8 Å². The molecule has 0 bridgehead atoms. The zero-order valence-corrected chi connectivity index (χ0v) is 14.8. The number of pyridine rings is 1. The molecule has 2 heterocycles. The minimum Gasteiger partial charge on any atom is -0.328 e. The number of hydrogen-bond donors (Lipinski definition) is 0. The average molecular weight is 334 g/mol. The van der Waals surface area contributed by atoms with Gasteiger partial charge in [0.25, 0.3) is 5.91 Å². The SMILES string of the molecule is Cc1nn(C)c(C)c1CC(=O)N=c1ccccn1Cc1ccccc1. The minimum absolute atomic E-state index is 0.160. The van der Waals surface area contributed by atoms with Gasteiger partial charge in [-0.2, -0.15) is 10.1 Å². The van der Waals surface area contributed by atoms with E-state index in [2.05, 4.69) is 22.2 Å². The van der Waals surface area contributed by atoms with Crippen molar-refractivity contribution in [3.8, 4) is 0 Å². The first-order chi connectivity index (χ1) is 12.0. The van der Waals surface area contributed by atoms with E-state index in [1.807, 2.05) is 68.1 Å². The smallest absolute Gasteiger partial charge is 0.252 e. The van der Waals surface area contributed by atoms with Crippen LogP contribution in [0.1, 0.15) is 22.5 Å². The summed E-state index contributed by atoms with van der Waals surface area (Å²) in [6.45, 7) is 4.58. The molecular formula is C20H22N4O. The van der Waals surface area contributed by atoms with E-state index >= 15 is 0 Å². The van der Waals surface area contributed by atoms with Gasteiger partial charge in [-0.3, -0.25) is 9.48 Å². The van der Waals surface area contributed by atoms with Crippen LogP contribution in [0.5, 0.6) is 0 Å². The predicted octanol–water partition coefficient (Wildman–Crippen LogP) is 2.56. The highest BCUT2D eigenvalue weighted by atomic mass is 16.1. The number of nitrogens with zero attached hydrogens (tertiary/aromatic N) is 4. The molecule has 0 saturated carbocycles. The Morgan fingerprint density at radius 2 is 1.80 bits per heavy atom. The van der Waals surface area contributed by atoms with Gasteiger partial charge in [-0.25, -0.2) is 0 Å². The number of rotatable bonds is 4. The van der Waals surface area contributed by atoms with Crippen molar-refractivity contribution in [1.29, 1.82) is 0 Å². The highest BCUT2D eigenvalue weighted by Crippen LogP contribution is 2.12. The van der Waals surface area contributed by atoms with Crippen LogP contribution < -0.4 is 5.49 Å². The third-order valence-electron chi connectivity index (χ3n) is 4.34. The van der Waals surface area contributed by atoms with E-state index in [1.54, 1.807) is 4.68 Å². The first kappa shape index (κ1) is 16.9. The van der Waals surface area contributed by atoms with Crippen molar-refractivity contribution in [3.63, 3.8) is 0 Å². The van der Waals surface area contributed by atoms with E-state index in [-0.39, 0.29) is 12.3 Å². The molecule has 0 aliphatic carbocycles. The Kier molecular flexibility index (Phi) is 4.93. The molecule has 128 valence electrons. The van der Waals surface area contributed by atoms with Crippen LogP contribution in [-0.2, 0) is 24.8 Å². The second kappa shape index (κ2) is 7.30. The van der Waals surface area contributed by atoms with Gasteiger partial charge in [0.05, 0.1) is 12.1 Å². The lowest BCUT2D eigenvalue weighted by atomic mass is 10.1. The molecule has 0 radical (unpaired) electrons. The van der Waals surface area contributed by atoms with Gasteiger partial charge in [-0.1, -0.05) is 36.4 Å². The van der Waals surface area contributed by atoms with Gasteiger partial charge in [0.2, 0.25) is 0 Å². The molecule has 0 spiro atoms. The number of hydrogen-bond acceptors (Lipinski definition) is 2. The van der Waals surface area contributed by atoms with Gasteiger partial charge in [-0.05, 0) is 31.5 Å². The number of aryl methyl sites for hydroxylation is 2. The lowest BCUT2D eigenvalue weighted by Gasteiger charge is -2.07. The molecule has 5 heteroatoms. The molecule has 3 rings (SSSR count). The van der Waals surface area contributed by atoms with Crippen molar-refractivity contribution >= 4 is 5.91 Å². The number of amides is 1. The highest BCUT2D eigenvalue weighted by molar-refractivity contribution is 5.79. The summed E-state index contributed by atoms with van der Waals surface area (Å²) in [6.07, 6.45) is 2.21. The Morgan fingerprint density at radius 1 is 1.08 bits per heavy atom. The van der Waals surface area contributed by atoms with Crippen molar-refractivity contribution in [3.05, 3.63) is 82.7 Å². The fourth-order valence-electron chi connectivity index (χ4n) is 2.87. The molecular weight excluding hydrogens is 312 g/mol. The summed E-state index contributed by atoms with van der Waals surface area (Å²) < 4.78 is 3.78. The normalized spacial score (nSPS) is 11.7. The molecule has 0 saturated heterocycles. The van der Waals surface area contributed by atoms with Gasteiger partial charge < -0.3 is 4.57 Å². The van der Waals surface area contributed by atoms with Gasteiger partial charge in [0.1, 0.15) is 5.49 Å². The molecule has 2 aromatic heterocycles. The zero-order valence-electron chi connectivity index (χ0n) is 14.8. The standard InChI is InChI=1S/C20H22N4O/c1-15-18(16(2)23(3)22-15)13-20(25)21-19-11-7-8-12-24(19)14-17-9-5-4-6-10-17/h4-12H,13-14H2,1-3H3. The van der Waals surface area contributed by atoms with E-state index in [0.29, 0.717) is 12.0 Å². The van der Waals surface area contributed by atoms with E-state index < -0.39 is 0 Å². The molecule has 5 nitrogen and oxygen atoms in total. The summed E-state index contributed by atoms with van der Waals surface area (Å²) in [7, 11) is 1.89. The third-order valence-corrected chi connectivity index (χ3v) is 4.34. The molecule has 0 atom stereocenters. The molecule has 1 aromatic carbocycles. The van der Waals surface area contributed by atoms with Crippen LogP contribution in [0.3, 0.4) is 0 Å². The Bertz CT molecular complexity index is 951. The molecule has 0 aliphatic rings. The maximum atomic E-state index is 12.5. The van der Waals surface area contributed by atoms with Crippen LogP contribution in [0.2, 0.25) is 0 Å². The van der Waals surface area contributed by atoms with E-state index in [4.69, 9.17) is 0 Å². The molecule has 25 heavy (non-hydrogen) atoms. The number of carbonyl (C=O) groups excluding carboxylic acids is 1. The van der Waals surface area contributed by atoms with E-state index in [0.717, 1.165) is 17.0 Å². The maximum Gasteiger partial charge on any atom is 0.252 e. The quantitative estimate of drug-likeness (QED) is 0.736. The Balaban J connectivity index is 1.87. The number of benzene rings is 1. The first-order valence-corrected chi connectivity index (χ1v) is 8.30. The Labute approximate surface area is 147 Å². The molecule has 0 N–H and O–H groups in total. The van der Waals surface area contributed by atoms with E-state index in [9.17, 15) is 4.79 Å². The van der Waals surface area contributed by atoms with Crippen LogP contribution in [0.15, 0.2) is 59.7 Å². The monoisotopic (exact) mass is 334 g/mol. The summed E-state index contributed by atoms with van der Waals surface area (Å²) in [6, 6.07) is 15.8. The zero-order chi connectivity index (χ0) is 17.8. The molecule has 0 unspecified atom stereocenters. The van der Waals surface area contributed by atoms with Crippen LogP contribution in [0.25, 0.3) is 0 Å². The molecule has 3 aromatic rings. The molecule has 0 aliphatic heterocycles. The topological polar surface area (TPSA) is 52.2 Å². The number of aromatic nitrogens is 3. The van der Waals surface area contributed by atoms with Crippen LogP contribution >= 0.6 is 0 Å². The van der Waals surface area contributed by atoms with Crippen molar-refractivity contribution < 1.29 is 4.79 Å². The van der Waals surface area contributed by atoms with Crippen molar-refractivity contribution in [1.82, 2.24) is 14.3 Å². The van der Waals surface area contributed by atoms with Gasteiger partial charge >= 0.3 is 0 Å². The summed E-state index contributed by atoms with van der Waals surface area (Å²) in [5.41, 5.74) is 4.68. The maximum absolute atomic E-state index is 12.5. The highest BCUT2D eigenvalue weighted by Gasteiger charge is 2.13. The third kappa shape index (κ3) is 3.94. The average Bonchev–Trinajstić information content (AvgIpc) is 2.84. The summed E-state index contributed by atoms with van der Waals surface area (Å²) >= 11 is 0. The van der Waals surface area contributed by atoms with Gasteiger partial charge in [0.15, 0.2) is 0 Å². The fraction of sp³-hybridized carbons (Fsp3) is 0.250. The Hall–Kier alpha value is -2.95. The van der Waals surface area contributed by atoms with Crippen LogP contribution in [0, 0.1) is 13.8 Å².